The van der Waals surface area contributed by atoms with Crippen molar-refractivity contribution in [2.45, 2.75) is 64.9 Å². The molecule has 4 heteroatoms. The van der Waals surface area contributed by atoms with Crippen molar-refractivity contribution in [1.82, 2.24) is 0 Å². The summed E-state index contributed by atoms with van der Waals surface area (Å²) in [5.74, 6) is 0.308. The number of allylic oxidation sites excluding steroid dienone is 3. The molecule has 1 aliphatic heterocycles. The average Bonchev–Trinajstić information content (AvgIpc) is 2.60. The van der Waals surface area contributed by atoms with E-state index in [0.717, 1.165) is 32.1 Å². The summed E-state index contributed by atoms with van der Waals surface area (Å²) in [6, 6.07) is 0. The maximum Gasteiger partial charge on any atom is 0.227 e. The Bertz CT molecular complexity index is 788. The van der Waals surface area contributed by atoms with Gasteiger partial charge < -0.3 is 9.47 Å². The zero-order valence-corrected chi connectivity index (χ0v) is 16.2. The molecule has 4 atom stereocenters. The molecule has 0 radical (unpaired) electrons. The van der Waals surface area contributed by atoms with Crippen LogP contribution in [-0.4, -0.2) is 24.3 Å². The molecule has 0 aromatic heterocycles. The van der Waals surface area contributed by atoms with E-state index in [1.165, 1.54) is 18.8 Å². The Morgan fingerprint density at radius 2 is 1.96 bits per heavy atom. The highest BCUT2D eigenvalue weighted by atomic mass is 16.5. The third-order valence-corrected chi connectivity index (χ3v) is 8.00. The van der Waals surface area contributed by atoms with Crippen LogP contribution in [0.1, 0.15) is 59.3 Å². The van der Waals surface area contributed by atoms with Crippen LogP contribution in [-0.2, 0) is 19.1 Å². The summed E-state index contributed by atoms with van der Waals surface area (Å²) in [6.45, 7) is 11.1. The summed E-state index contributed by atoms with van der Waals surface area (Å²) in [6.07, 6.45) is 7.05. The molecule has 0 spiro atoms. The third kappa shape index (κ3) is 2.02. The van der Waals surface area contributed by atoms with Gasteiger partial charge in [-0.05, 0) is 56.8 Å². The van der Waals surface area contributed by atoms with E-state index in [1.54, 1.807) is 0 Å². The first-order valence-electron chi connectivity index (χ1n) is 9.61. The lowest BCUT2D eigenvalue weighted by Crippen LogP contribution is -2.62. The Balaban J connectivity index is 1.82. The van der Waals surface area contributed by atoms with Crippen molar-refractivity contribution in [1.29, 1.82) is 0 Å². The van der Waals surface area contributed by atoms with Crippen LogP contribution in [0, 0.1) is 16.7 Å². The van der Waals surface area contributed by atoms with E-state index in [-0.39, 0.29) is 33.9 Å². The van der Waals surface area contributed by atoms with E-state index in [1.807, 2.05) is 0 Å². The molecule has 2 saturated carbocycles. The third-order valence-electron chi connectivity index (χ3n) is 8.00. The number of carbonyl (C=O) groups is 2. The highest BCUT2D eigenvalue weighted by Gasteiger charge is 2.64. The molecule has 26 heavy (non-hydrogen) atoms. The molecule has 0 unspecified atom stereocenters. The van der Waals surface area contributed by atoms with E-state index >= 15 is 0 Å². The molecule has 0 saturated heterocycles. The minimum absolute atomic E-state index is 0.0790. The first-order chi connectivity index (χ1) is 12.2. The van der Waals surface area contributed by atoms with Crippen molar-refractivity contribution in [3.05, 3.63) is 35.3 Å². The Morgan fingerprint density at radius 1 is 1.23 bits per heavy atom. The van der Waals surface area contributed by atoms with Gasteiger partial charge in [0.25, 0.3) is 0 Å². The molecule has 0 bridgehead atoms. The number of hydrogen-bond donors (Lipinski definition) is 0. The maximum atomic E-state index is 12.9. The van der Waals surface area contributed by atoms with E-state index < -0.39 is 5.60 Å². The second-order valence-electron chi connectivity index (χ2n) is 9.11. The van der Waals surface area contributed by atoms with Crippen molar-refractivity contribution in [2.24, 2.45) is 16.7 Å². The topological polar surface area (TPSA) is 52.6 Å². The van der Waals surface area contributed by atoms with Crippen molar-refractivity contribution in [3.8, 4) is 0 Å². The normalized spacial score (nSPS) is 42.4. The average molecular weight is 356 g/mol. The second kappa shape index (κ2) is 5.34. The Hall–Kier alpha value is -1.84. The highest BCUT2D eigenvalue weighted by molar-refractivity contribution is 6.21. The van der Waals surface area contributed by atoms with E-state index in [0.29, 0.717) is 17.9 Å². The van der Waals surface area contributed by atoms with E-state index in [9.17, 15) is 9.59 Å². The zero-order chi connectivity index (χ0) is 18.9. The van der Waals surface area contributed by atoms with Crippen LogP contribution in [0.5, 0.6) is 0 Å². The summed E-state index contributed by atoms with van der Waals surface area (Å²) >= 11 is 0. The summed E-state index contributed by atoms with van der Waals surface area (Å²) in [4.78, 5) is 25.4. The molecule has 4 aliphatic rings. The number of rotatable bonds is 1. The molecule has 0 aromatic carbocycles. The number of fused-ring (bicyclic) bond motifs is 3. The van der Waals surface area contributed by atoms with E-state index in [4.69, 9.17) is 9.47 Å². The largest absolute Gasteiger partial charge is 0.493 e. The SMILES string of the molecule is C=C1CCC[C@H]2[C@]3(C)CC4=C(O[C@]3(C)CC[C@]12C)C(=O)C=C(OC)C4=O. The van der Waals surface area contributed by atoms with Gasteiger partial charge in [0.2, 0.25) is 11.6 Å². The molecule has 3 aliphatic carbocycles. The maximum absolute atomic E-state index is 12.9. The number of hydrogen-bond acceptors (Lipinski definition) is 4. The highest BCUT2D eigenvalue weighted by Crippen LogP contribution is 2.67. The lowest BCUT2D eigenvalue weighted by atomic mass is 9.44. The fraction of sp³-hybridized carbons (Fsp3) is 0.636. The van der Waals surface area contributed by atoms with Gasteiger partial charge >= 0.3 is 0 Å². The van der Waals surface area contributed by atoms with Crippen LogP contribution in [0.15, 0.2) is 35.3 Å². The lowest BCUT2D eigenvalue weighted by Gasteiger charge is -2.64. The van der Waals surface area contributed by atoms with Gasteiger partial charge in [-0.3, -0.25) is 9.59 Å². The number of methoxy groups -OCH3 is 1. The van der Waals surface area contributed by atoms with Gasteiger partial charge in [0.05, 0.1) is 12.7 Å². The summed E-state index contributed by atoms with van der Waals surface area (Å²) in [5.41, 5.74) is 1.25. The molecule has 0 amide bonds. The Morgan fingerprint density at radius 3 is 2.65 bits per heavy atom. The Labute approximate surface area is 155 Å². The second-order valence-corrected chi connectivity index (χ2v) is 9.11. The van der Waals surface area contributed by atoms with Crippen LogP contribution in [0.2, 0.25) is 0 Å². The molecular formula is C22H28O4. The molecule has 0 aromatic rings. The Kier molecular flexibility index (Phi) is 3.61. The first-order valence-corrected chi connectivity index (χ1v) is 9.61. The van der Waals surface area contributed by atoms with Gasteiger partial charge in [0.15, 0.2) is 11.5 Å². The van der Waals surface area contributed by atoms with Crippen molar-refractivity contribution in [2.75, 3.05) is 7.11 Å². The molecular weight excluding hydrogens is 328 g/mol. The van der Waals surface area contributed by atoms with Gasteiger partial charge in [0.1, 0.15) is 5.60 Å². The van der Waals surface area contributed by atoms with Crippen LogP contribution < -0.4 is 0 Å². The van der Waals surface area contributed by atoms with Gasteiger partial charge in [0, 0.05) is 11.5 Å². The van der Waals surface area contributed by atoms with Crippen LogP contribution in [0.25, 0.3) is 0 Å². The predicted octanol–water partition coefficient (Wildman–Crippen LogP) is 4.26. The zero-order valence-electron chi connectivity index (χ0n) is 16.2. The van der Waals surface area contributed by atoms with Crippen molar-refractivity contribution < 1.29 is 19.1 Å². The first kappa shape index (κ1) is 17.6. The van der Waals surface area contributed by atoms with Crippen LogP contribution >= 0.6 is 0 Å². The molecule has 1 heterocycles. The van der Waals surface area contributed by atoms with Gasteiger partial charge in [-0.2, -0.15) is 0 Å². The number of Topliss-reactive ketones (excluding diaryl/α,β-unsaturated/α-hetero) is 1. The van der Waals surface area contributed by atoms with Crippen LogP contribution in [0.4, 0.5) is 0 Å². The molecule has 140 valence electrons. The molecule has 2 fully saturated rings. The summed E-state index contributed by atoms with van der Waals surface area (Å²) in [5, 5.41) is 0. The minimum Gasteiger partial charge on any atom is -0.493 e. The molecule has 4 rings (SSSR count). The van der Waals surface area contributed by atoms with Crippen molar-refractivity contribution in [3.63, 3.8) is 0 Å². The smallest absolute Gasteiger partial charge is 0.227 e. The van der Waals surface area contributed by atoms with Gasteiger partial charge in [-0.1, -0.05) is 26.0 Å². The van der Waals surface area contributed by atoms with Gasteiger partial charge in [-0.25, -0.2) is 0 Å². The monoisotopic (exact) mass is 356 g/mol. The van der Waals surface area contributed by atoms with Gasteiger partial charge in [-0.15, -0.1) is 0 Å². The number of ether oxygens (including phenoxy) is 2. The fourth-order valence-corrected chi connectivity index (χ4v) is 6.04. The lowest BCUT2D eigenvalue weighted by molar-refractivity contribution is -0.192. The van der Waals surface area contributed by atoms with Crippen molar-refractivity contribution >= 4 is 11.6 Å². The molecule has 0 N–H and O–H groups in total. The van der Waals surface area contributed by atoms with E-state index in [2.05, 4.69) is 27.4 Å². The fourth-order valence-electron chi connectivity index (χ4n) is 6.04. The minimum atomic E-state index is -0.442. The predicted molar refractivity (Wildman–Crippen MR) is 98.2 cm³/mol. The molecule has 4 nitrogen and oxygen atoms in total. The standard InChI is InChI=1S/C22H28O4/c1-13-7-6-8-17-20(13,2)9-10-22(4)21(17,3)12-14-18(24)16(25-5)11-15(23)19(14)26-22/h11,17H,1,6-10,12H2,2-5H3/t17-,20-,21+,22-/m1/s1. The quantitative estimate of drug-likeness (QED) is 0.520. The van der Waals surface area contributed by atoms with Crippen LogP contribution in [0.3, 0.4) is 0 Å². The summed E-state index contributed by atoms with van der Waals surface area (Å²) in [7, 11) is 1.43. The number of carbonyl (C=O) groups excluding carboxylic acids is 2. The summed E-state index contributed by atoms with van der Waals surface area (Å²) < 4.78 is 11.5. The number of ketones is 2.